The zero-order valence-electron chi connectivity index (χ0n) is 17.1. The van der Waals surface area contributed by atoms with E-state index >= 15 is 0 Å². The highest BCUT2D eigenvalue weighted by Gasteiger charge is 2.28. The lowest BCUT2D eigenvalue weighted by Crippen LogP contribution is -2.34. The molecule has 0 aromatic carbocycles. The van der Waals surface area contributed by atoms with Crippen LogP contribution in [0.15, 0.2) is 17.2 Å². The number of methoxy groups -OCH3 is 1. The number of allylic oxidation sites excluding steroid dienone is 2. The van der Waals surface area contributed by atoms with Crippen LogP contribution in [-0.4, -0.2) is 43.2 Å². The summed E-state index contributed by atoms with van der Waals surface area (Å²) in [6.07, 6.45) is 4.08. The summed E-state index contributed by atoms with van der Waals surface area (Å²) in [7, 11) is 3.47. The molecule has 2 heterocycles. The molecule has 6 heteroatoms. The third-order valence-corrected chi connectivity index (χ3v) is 5.14. The molecule has 1 aliphatic heterocycles. The Hall–Kier alpha value is -2.57. The normalized spacial score (nSPS) is 17.9. The molecular formula is C22H29N3O3. The van der Waals surface area contributed by atoms with Gasteiger partial charge in [0.2, 0.25) is 0 Å². The number of hydrogen-bond acceptors (Lipinski definition) is 6. The van der Waals surface area contributed by atoms with Crippen molar-refractivity contribution in [2.24, 2.45) is 11.7 Å². The van der Waals surface area contributed by atoms with Gasteiger partial charge in [-0.05, 0) is 35.8 Å². The van der Waals surface area contributed by atoms with Gasteiger partial charge in [0.1, 0.15) is 12.6 Å². The van der Waals surface area contributed by atoms with Crippen molar-refractivity contribution in [1.29, 1.82) is 0 Å². The third-order valence-electron chi connectivity index (χ3n) is 5.14. The Balaban J connectivity index is 2.79. The maximum Gasteiger partial charge on any atom is 0.148 e. The minimum Gasteiger partial charge on any atom is -0.380 e. The van der Waals surface area contributed by atoms with Gasteiger partial charge in [-0.2, -0.15) is 0 Å². The fourth-order valence-corrected chi connectivity index (χ4v) is 3.65. The van der Waals surface area contributed by atoms with Crippen molar-refractivity contribution >= 4 is 31.4 Å². The number of ether oxygens (including phenoxy) is 1. The van der Waals surface area contributed by atoms with Gasteiger partial charge in [0.05, 0.1) is 23.3 Å². The second-order valence-corrected chi connectivity index (χ2v) is 7.13. The number of nitrogens with zero attached hydrogens (tertiary/aromatic N) is 2. The zero-order chi connectivity index (χ0) is 21.0. The minimum atomic E-state index is -0.403. The molecule has 0 fully saturated rings. The highest BCUT2D eigenvalue weighted by molar-refractivity contribution is 5.81. The lowest BCUT2D eigenvalue weighted by Gasteiger charge is -2.17. The first-order valence-corrected chi connectivity index (χ1v) is 9.32. The van der Waals surface area contributed by atoms with Crippen molar-refractivity contribution in [3.8, 4) is 0 Å². The van der Waals surface area contributed by atoms with Crippen molar-refractivity contribution in [2.75, 3.05) is 20.8 Å². The van der Waals surface area contributed by atoms with Crippen LogP contribution < -0.4 is 16.3 Å². The summed E-state index contributed by atoms with van der Waals surface area (Å²) in [6.45, 7) is 12.7. The number of nitrogens with two attached hydrogens (primary N) is 1. The summed E-state index contributed by atoms with van der Waals surface area (Å²) in [6, 6.07) is -0.204. The van der Waals surface area contributed by atoms with Gasteiger partial charge >= 0.3 is 0 Å². The second-order valence-electron chi connectivity index (χ2n) is 7.13. The van der Waals surface area contributed by atoms with Crippen LogP contribution in [0.2, 0.25) is 0 Å². The Labute approximate surface area is 166 Å². The first-order valence-electron chi connectivity index (χ1n) is 9.32. The maximum atomic E-state index is 11.7. The van der Waals surface area contributed by atoms with Gasteiger partial charge < -0.3 is 20.2 Å². The van der Waals surface area contributed by atoms with Crippen LogP contribution in [0.25, 0.3) is 18.9 Å². The van der Waals surface area contributed by atoms with Gasteiger partial charge in [-0.15, -0.1) is 0 Å². The number of aldehydes is 2. The Bertz CT molecular complexity index is 931. The van der Waals surface area contributed by atoms with E-state index in [-0.39, 0.29) is 12.6 Å². The van der Waals surface area contributed by atoms with Crippen molar-refractivity contribution in [2.45, 2.75) is 32.9 Å². The maximum absolute atomic E-state index is 11.7. The lowest BCUT2D eigenvalue weighted by molar-refractivity contribution is -0.110. The number of aromatic nitrogens is 1. The average molecular weight is 383 g/mol. The predicted octanol–water partition coefficient (Wildman–Crippen LogP) is 1.08. The number of hydrogen-bond donors (Lipinski definition) is 1. The quantitative estimate of drug-likeness (QED) is 0.534. The number of rotatable bonds is 8. The SMILES string of the molecule is C=c1nc2c(c([C@H](C)N)c1=C)CN(C)/C2=C\C(=C(/C=O)COC)[C@H](C=O)CC. The van der Waals surface area contributed by atoms with E-state index in [2.05, 4.69) is 18.1 Å². The molecule has 0 unspecified atom stereocenters. The van der Waals surface area contributed by atoms with Crippen LogP contribution in [-0.2, 0) is 20.9 Å². The molecule has 28 heavy (non-hydrogen) atoms. The van der Waals surface area contributed by atoms with Crippen LogP contribution in [0.5, 0.6) is 0 Å². The summed E-state index contributed by atoms with van der Waals surface area (Å²) in [5, 5.41) is 1.33. The number of pyridine rings is 1. The Morgan fingerprint density at radius 1 is 1.39 bits per heavy atom. The van der Waals surface area contributed by atoms with Crippen molar-refractivity contribution < 1.29 is 14.3 Å². The highest BCUT2D eigenvalue weighted by atomic mass is 16.5. The van der Waals surface area contributed by atoms with Crippen LogP contribution >= 0.6 is 0 Å². The molecule has 0 radical (unpaired) electrons. The van der Waals surface area contributed by atoms with Gasteiger partial charge in [-0.3, -0.25) is 4.79 Å². The van der Waals surface area contributed by atoms with Crippen LogP contribution in [0.3, 0.4) is 0 Å². The third kappa shape index (κ3) is 3.98. The van der Waals surface area contributed by atoms with E-state index in [1.54, 1.807) is 0 Å². The van der Waals surface area contributed by atoms with E-state index in [0.29, 0.717) is 29.5 Å². The zero-order valence-corrected chi connectivity index (χ0v) is 17.1. The van der Waals surface area contributed by atoms with E-state index in [9.17, 15) is 9.59 Å². The van der Waals surface area contributed by atoms with Crippen molar-refractivity contribution in [3.05, 3.63) is 44.6 Å². The molecule has 0 bridgehead atoms. The molecule has 2 atom stereocenters. The largest absolute Gasteiger partial charge is 0.380 e. The molecule has 1 aromatic heterocycles. The van der Waals surface area contributed by atoms with E-state index in [4.69, 9.17) is 10.5 Å². The van der Waals surface area contributed by atoms with Crippen LogP contribution in [0, 0.1) is 5.92 Å². The molecule has 1 aromatic rings. The first-order chi connectivity index (χ1) is 13.3. The molecule has 0 amide bonds. The summed E-state index contributed by atoms with van der Waals surface area (Å²) >= 11 is 0. The van der Waals surface area contributed by atoms with E-state index < -0.39 is 5.92 Å². The molecule has 1 aliphatic rings. The summed E-state index contributed by atoms with van der Waals surface area (Å²) in [5.41, 5.74) is 10.9. The molecule has 2 rings (SSSR count). The van der Waals surface area contributed by atoms with Gasteiger partial charge in [-0.25, -0.2) is 4.98 Å². The molecular weight excluding hydrogens is 354 g/mol. The molecule has 2 N–H and O–H groups in total. The monoisotopic (exact) mass is 383 g/mol. The lowest BCUT2D eigenvalue weighted by atomic mass is 9.92. The molecule has 0 saturated heterocycles. The van der Waals surface area contributed by atoms with Gasteiger partial charge in [0, 0.05) is 43.8 Å². The van der Waals surface area contributed by atoms with E-state index in [0.717, 1.165) is 40.3 Å². The molecule has 0 aliphatic carbocycles. The fourth-order valence-electron chi connectivity index (χ4n) is 3.65. The van der Waals surface area contributed by atoms with Gasteiger partial charge in [0.25, 0.3) is 0 Å². The summed E-state index contributed by atoms with van der Waals surface area (Å²) in [4.78, 5) is 30.0. The van der Waals surface area contributed by atoms with Crippen LogP contribution in [0.1, 0.15) is 43.1 Å². The Morgan fingerprint density at radius 2 is 2.07 bits per heavy atom. The second kappa shape index (κ2) is 9.08. The summed E-state index contributed by atoms with van der Waals surface area (Å²) in [5.74, 6) is -0.403. The molecule has 0 spiro atoms. The fraction of sp³-hybridized carbons (Fsp3) is 0.409. The van der Waals surface area contributed by atoms with Gasteiger partial charge in [-0.1, -0.05) is 20.1 Å². The van der Waals surface area contributed by atoms with E-state index in [1.807, 2.05) is 31.9 Å². The Morgan fingerprint density at radius 3 is 2.57 bits per heavy atom. The number of carbonyl (C=O) groups excluding carboxylic acids is 2. The summed E-state index contributed by atoms with van der Waals surface area (Å²) < 4.78 is 5.16. The number of carbonyl (C=O) groups is 2. The first kappa shape index (κ1) is 21.7. The molecule has 150 valence electrons. The van der Waals surface area contributed by atoms with Gasteiger partial charge in [0.15, 0.2) is 0 Å². The smallest absolute Gasteiger partial charge is 0.148 e. The average Bonchev–Trinajstić information content (AvgIpc) is 2.95. The minimum absolute atomic E-state index is 0.139. The predicted molar refractivity (Wildman–Crippen MR) is 111 cm³/mol. The molecule has 6 nitrogen and oxygen atoms in total. The number of fused-ring (bicyclic) bond motifs is 1. The van der Waals surface area contributed by atoms with Crippen molar-refractivity contribution in [1.82, 2.24) is 9.88 Å². The van der Waals surface area contributed by atoms with Crippen molar-refractivity contribution in [3.63, 3.8) is 0 Å². The van der Waals surface area contributed by atoms with E-state index in [1.165, 1.54) is 7.11 Å². The highest BCUT2D eigenvalue weighted by Crippen LogP contribution is 2.34. The molecule has 0 saturated carbocycles. The Kier molecular flexibility index (Phi) is 7.05. The topological polar surface area (TPSA) is 85.5 Å². The van der Waals surface area contributed by atoms with Crippen LogP contribution in [0.4, 0.5) is 0 Å². The standard InChI is InChI=1S/C22H29N3O3/c1-7-16(10-26)18(17(11-27)12-28-6)8-20-22-19(9-25(20)5)21(14(3)23)13(2)15(4)24-22/h8,10-11,14,16H,2,4,7,9,12,23H2,1,3,5-6H3/b18-17-,20-8-/t14-,16-/m0/s1.